The van der Waals surface area contributed by atoms with Crippen LogP contribution in [-0.2, 0) is 6.42 Å². The Morgan fingerprint density at radius 3 is 2.86 bits per heavy atom. The van der Waals surface area contributed by atoms with E-state index in [1.54, 1.807) is 6.07 Å². The molecule has 0 aliphatic heterocycles. The van der Waals surface area contributed by atoms with Gasteiger partial charge < -0.3 is 8.94 Å². The molecule has 4 rings (SSSR count). The van der Waals surface area contributed by atoms with Gasteiger partial charge in [0.05, 0.1) is 12.1 Å². The van der Waals surface area contributed by atoms with Crippen LogP contribution in [0.1, 0.15) is 17.0 Å². The lowest BCUT2D eigenvalue weighted by atomic mass is 10.1. The zero-order chi connectivity index (χ0) is 14.4. The zero-order valence-electron chi connectivity index (χ0n) is 11.4. The first-order valence-electron chi connectivity index (χ1n) is 6.72. The Labute approximate surface area is 120 Å². The van der Waals surface area contributed by atoms with Crippen molar-refractivity contribution in [2.75, 3.05) is 0 Å². The molecule has 0 bridgehead atoms. The fourth-order valence-corrected chi connectivity index (χ4v) is 2.55. The summed E-state index contributed by atoms with van der Waals surface area (Å²) in [5.74, 6) is 0.476. The Hall–Kier alpha value is -2.62. The van der Waals surface area contributed by atoms with E-state index in [4.69, 9.17) is 8.94 Å². The summed E-state index contributed by atoms with van der Waals surface area (Å²) in [7, 11) is 0. The molecule has 2 heterocycles. The maximum Gasteiger partial charge on any atom is 0.167 e. The van der Waals surface area contributed by atoms with Crippen molar-refractivity contribution in [1.29, 1.82) is 0 Å². The smallest absolute Gasteiger partial charge is 0.167 e. The Morgan fingerprint density at radius 1 is 1.05 bits per heavy atom. The van der Waals surface area contributed by atoms with Crippen LogP contribution in [0.4, 0.5) is 4.39 Å². The number of furan rings is 1. The molecule has 0 unspecified atom stereocenters. The molecule has 0 spiro atoms. The molecular formula is C17H12FNO2. The average Bonchev–Trinajstić information content (AvgIpc) is 3.02. The molecule has 0 aliphatic rings. The highest BCUT2D eigenvalue weighted by atomic mass is 19.1. The highest BCUT2D eigenvalue weighted by Gasteiger charge is 2.12. The van der Waals surface area contributed by atoms with Crippen molar-refractivity contribution in [2.24, 2.45) is 0 Å². The van der Waals surface area contributed by atoms with Crippen molar-refractivity contribution in [3.05, 3.63) is 65.3 Å². The third-order valence-electron chi connectivity index (χ3n) is 3.57. The van der Waals surface area contributed by atoms with Crippen LogP contribution in [0.25, 0.3) is 21.9 Å². The molecule has 0 N–H and O–H groups in total. The number of rotatable bonds is 2. The summed E-state index contributed by atoms with van der Waals surface area (Å²) in [6, 6.07) is 12.3. The van der Waals surface area contributed by atoms with Crippen LogP contribution >= 0.6 is 0 Å². The summed E-state index contributed by atoms with van der Waals surface area (Å²) in [5, 5.41) is 5.85. The molecule has 0 atom stereocenters. The molecule has 104 valence electrons. The SMILES string of the molecule is Cc1ccc2c(Cc3cc4cc(F)ccc4o3)noc2c1. The molecule has 0 saturated carbocycles. The summed E-state index contributed by atoms with van der Waals surface area (Å²) in [6.45, 7) is 2.01. The summed E-state index contributed by atoms with van der Waals surface area (Å²) in [4.78, 5) is 0. The maximum atomic E-state index is 13.2. The van der Waals surface area contributed by atoms with Gasteiger partial charge in [0.1, 0.15) is 17.2 Å². The molecule has 2 aromatic carbocycles. The molecule has 0 radical (unpaired) electrons. The number of nitrogens with zero attached hydrogens (tertiary/aromatic N) is 1. The minimum Gasteiger partial charge on any atom is -0.461 e. The van der Waals surface area contributed by atoms with Gasteiger partial charge in [-0.3, -0.25) is 0 Å². The van der Waals surface area contributed by atoms with Crippen molar-refractivity contribution in [2.45, 2.75) is 13.3 Å². The Morgan fingerprint density at radius 2 is 1.95 bits per heavy atom. The Balaban J connectivity index is 1.75. The minimum absolute atomic E-state index is 0.266. The quantitative estimate of drug-likeness (QED) is 0.538. The zero-order valence-corrected chi connectivity index (χ0v) is 11.4. The van der Waals surface area contributed by atoms with Gasteiger partial charge in [-0.25, -0.2) is 4.39 Å². The van der Waals surface area contributed by atoms with Gasteiger partial charge in [-0.1, -0.05) is 11.2 Å². The lowest BCUT2D eigenvalue weighted by Gasteiger charge is -1.94. The van der Waals surface area contributed by atoms with Crippen LogP contribution in [0.3, 0.4) is 0 Å². The number of hydrogen-bond donors (Lipinski definition) is 0. The van der Waals surface area contributed by atoms with E-state index in [0.29, 0.717) is 12.0 Å². The summed E-state index contributed by atoms with van der Waals surface area (Å²) in [5.41, 5.74) is 3.40. The van der Waals surface area contributed by atoms with Gasteiger partial charge in [-0.05, 0) is 48.9 Å². The monoisotopic (exact) mass is 281 g/mol. The normalized spacial score (nSPS) is 11.5. The van der Waals surface area contributed by atoms with E-state index in [1.165, 1.54) is 12.1 Å². The number of benzene rings is 2. The number of aromatic nitrogens is 1. The van der Waals surface area contributed by atoms with Gasteiger partial charge in [0.15, 0.2) is 5.58 Å². The Bertz CT molecular complexity index is 952. The van der Waals surface area contributed by atoms with Crippen LogP contribution in [0.15, 0.2) is 51.4 Å². The standard InChI is InChI=1S/C17H12FNO2/c1-10-2-4-14-15(19-21-17(14)6-10)9-13-8-11-7-12(18)3-5-16(11)20-13/h2-8H,9H2,1H3. The average molecular weight is 281 g/mol. The van der Waals surface area contributed by atoms with Gasteiger partial charge in [-0.2, -0.15) is 0 Å². The molecular weight excluding hydrogens is 269 g/mol. The molecule has 4 aromatic rings. The van der Waals surface area contributed by atoms with E-state index in [-0.39, 0.29) is 5.82 Å². The van der Waals surface area contributed by atoms with Crippen LogP contribution in [0.2, 0.25) is 0 Å². The molecule has 21 heavy (non-hydrogen) atoms. The number of aryl methyl sites for hydroxylation is 1. The third-order valence-corrected chi connectivity index (χ3v) is 3.57. The third kappa shape index (κ3) is 2.09. The van der Waals surface area contributed by atoms with Crippen LogP contribution in [0, 0.1) is 12.7 Å². The van der Waals surface area contributed by atoms with Crippen molar-refractivity contribution < 1.29 is 13.3 Å². The maximum absolute atomic E-state index is 13.2. The lowest BCUT2D eigenvalue weighted by Crippen LogP contribution is -1.86. The fraction of sp³-hybridized carbons (Fsp3) is 0.118. The Kier molecular flexibility index (Phi) is 2.57. The van der Waals surface area contributed by atoms with E-state index in [9.17, 15) is 4.39 Å². The number of halogens is 1. The first-order valence-corrected chi connectivity index (χ1v) is 6.72. The van der Waals surface area contributed by atoms with Crippen molar-refractivity contribution >= 4 is 21.9 Å². The van der Waals surface area contributed by atoms with Gasteiger partial charge in [0.2, 0.25) is 0 Å². The van der Waals surface area contributed by atoms with Crippen molar-refractivity contribution in [1.82, 2.24) is 5.16 Å². The highest BCUT2D eigenvalue weighted by molar-refractivity contribution is 5.81. The molecule has 0 saturated heterocycles. The van der Waals surface area contributed by atoms with Gasteiger partial charge >= 0.3 is 0 Å². The predicted octanol–water partition coefficient (Wildman–Crippen LogP) is 4.61. The van der Waals surface area contributed by atoms with Crippen molar-refractivity contribution in [3.63, 3.8) is 0 Å². The highest BCUT2D eigenvalue weighted by Crippen LogP contribution is 2.25. The van der Waals surface area contributed by atoms with E-state index < -0.39 is 0 Å². The minimum atomic E-state index is -0.266. The van der Waals surface area contributed by atoms with Crippen LogP contribution in [0.5, 0.6) is 0 Å². The second-order valence-corrected chi connectivity index (χ2v) is 5.20. The fourth-order valence-electron chi connectivity index (χ4n) is 2.55. The largest absolute Gasteiger partial charge is 0.461 e. The number of hydrogen-bond acceptors (Lipinski definition) is 3. The predicted molar refractivity (Wildman–Crippen MR) is 77.7 cm³/mol. The van der Waals surface area contributed by atoms with Gasteiger partial charge in [0.25, 0.3) is 0 Å². The molecule has 0 amide bonds. The molecule has 4 heteroatoms. The topological polar surface area (TPSA) is 39.2 Å². The number of fused-ring (bicyclic) bond motifs is 2. The van der Waals surface area contributed by atoms with Gasteiger partial charge in [0, 0.05) is 10.8 Å². The summed E-state index contributed by atoms with van der Waals surface area (Å²) < 4.78 is 24.3. The van der Waals surface area contributed by atoms with E-state index in [1.807, 2.05) is 31.2 Å². The molecule has 0 fully saturated rings. The summed E-state index contributed by atoms with van der Waals surface area (Å²) in [6.07, 6.45) is 0.520. The second-order valence-electron chi connectivity index (χ2n) is 5.20. The van der Waals surface area contributed by atoms with Crippen LogP contribution in [-0.4, -0.2) is 5.16 Å². The van der Waals surface area contributed by atoms with E-state index in [2.05, 4.69) is 5.16 Å². The van der Waals surface area contributed by atoms with Crippen LogP contribution < -0.4 is 0 Å². The summed E-state index contributed by atoms with van der Waals surface area (Å²) >= 11 is 0. The molecule has 2 aromatic heterocycles. The first-order chi connectivity index (χ1) is 10.2. The van der Waals surface area contributed by atoms with Gasteiger partial charge in [-0.15, -0.1) is 0 Å². The van der Waals surface area contributed by atoms with E-state index >= 15 is 0 Å². The van der Waals surface area contributed by atoms with E-state index in [0.717, 1.165) is 33.4 Å². The molecule has 0 aliphatic carbocycles. The first kappa shape index (κ1) is 12.1. The lowest BCUT2D eigenvalue weighted by molar-refractivity contribution is 0.444. The van der Waals surface area contributed by atoms with Crippen molar-refractivity contribution in [3.8, 4) is 0 Å². The second kappa shape index (κ2) is 4.45. The molecule has 3 nitrogen and oxygen atoms in total.